The fraction of sp³-hybridized carbons (Fsp3) is 0.194. The summed E-state index contributed by atoms with van der Waals surface area (Å²) in [5, 5.41) is 0. The Balaban J connectivity index is 1.58. The van der Waals surface area contributed by atoms with Crippen LogP contribution in [0.3, 0.4) is 0 Å². The topological polar surface area (TPSA) is 82.1 Å². The summed E-state index contributed by atoms with van der Waals surface area (Å²) in [6.07, 6.45) is 3.85. The molecule has 3 aliphatic rings. The van der Waals surface area contributed by atoms with Crippen LogP contribution in [0.1, 0.15) is 48.1 Å². The molecule has 4 aromatic rings. The number of rotatable bonds is 6. The predicted octanol–water partition coefficient (Wildman–Crippen LogP) is 6.03. The third-order valence-electron chi connectivity index (χ3n) is 9.11. The molecule has 7 heteroatoms. The van der Waals surface area contributed by atoms with E-state index in [2.05, 4.69) is 0 Å². The van der Waals surface area contributed by atoms with Crippen molar-refractivity contribution < 1.29 is 28.6 Å². The van der Waals surface area contributed by atoms with Gasteiger partial charge in [0.2, 0.25) is 0 Å². The molecule has 1 fully saturated rings. The van der Waals surface area contributed by atoms with Crippen LogP contribution in [0, 0.1) is 5.41 Å². The molecular formula is C36H29NO6. The first kappa shape index (κ1) is 26.7. The van der Waals surface area contributed by atoms with Gasteiger partial charge in [0.1, 0.15) is 28.7 Å². The number of ether oxygens (including phenoxy) is 3. The van der Waals surface area contributed by atoms with Gasteiger partial charge in [-0.1, -0.05) is 66.7 Å². The van der Waals surface area contributed by atoms with Crippen molar-refractivity contribution in [1.82, 2.24) is 0 Å². The minimum atomic E-state index is -1.65. The molecule has 7 nitrogen and oxygen atoms in total. The van der Waals surface area contributed by atoms with E-state index in [0.29, 0.717) is 39.5 Å². The van der Waals surface area contributed by atoms with Crippen molar-refractivity contribution in [2.75, 3.05) is 26.2 Å². The summed E-state index contributed by atoms with van der Waals surface area (Å²) in [7, 11) is 4.65. The standard InChI is InChI=1S/C36H29NO6/c1-41-23-11-8-10-22(19-23)33(38)32-31(27-20-24(42-2)16-17-29(27)43-3)36(34(39)25-12-5-6-13-26(25)35(36)40)30-18-15-21-9-4-7-14-28(21)37(30)32/h4-20,30-32H,1-3H3/t30-,31+,32-/m1/s1. The zero-order chi connectivity index (χ0) is 29.9. The molecule has 2 aliphatic heterocycles. The van der Waals surface area contributed by atoms with Crippen molar-refractivity contribution in [3.05, 3.63) is 125 Å². The Kier molecular flexibility index (Phi) is 6.20. The Labute approximate surface area is 249 Å². The van der Waals surface area contributed by atoms with Crippen LogP contribution < -0.4 is 19.1 Å². The number of nitrogens with zero attached hydrogens (tertiary/aromatic N) is 1. The molecule has 1 aliphatic carbocycles. The van der Waals surface area contributed by atoms with Gasteiger partial charge in [0, 0.05) is 33.9 Å². The average Bonchev–Trinajstić information content (AvgIpc) is 3.50. The van der Waals surface area contributed by atoms with Crippen LogP contribution in [0.25, 0.3) is 6.08 Å². The van der Waals surface area contributed by atoms with E-state index in [1.807, 2.05) is 41.3 Å². The highest BCUT2D eigenvalue weighted by atomic mass is 16.5. The monoisotopic (exact) mass is 571 g/mol. The normalized spacial score (nSPS) is 20.9. The number of para-hydroxylation sites is 1. The molecule has 7 rings (SSSR count). The van der Waals surface area contributed by atoms with Gasteiger partial charge in [-0.15, -0.1) is 0 Å². The number of hydrogen-bond acceptors (Lipinski definition) is 7. The third kappa shape index (κ3) is 3.64. The smallest absolute Gasteiger partial charge is 0.186 e. The molecule has 0 N–H and O–H groups in total. The highest BCUT2D eigenvalue weighted by Gasteiger charge is 2.72. The first-order valence-corrected chi connectivity index (χ1v) is 14.1. The summed E-state index contributed by atoms with van der Waals surface area (Å²) < 4.78 is 16.9. The molecule has 2 heterocycles. The van der Waals surface area contributed by atoms with Crippen molar-refractivity contribution in [2.24, 2.45) is 5.41 Å². The van der Waals surface area contributed by atoms with E-state index in [9.17, 15) is 14.4 Å². The molecule has 214 valence electrons. The summed E-state index contributed by atoms with van der Waals surface area (Å²) in [6.45, 7) is 0. The number of benzene rings is 4. The van der Waals surface area contributed by atoms with Gasteiger partial charge in [0.05, 0.1) is 27.4 Å². The molecule has 0 saturated carbocycles. The molecule has 0 aromatic heterocycles. The van der Waals surface area contributed by atoms with Gasteiger partial charge in [-0.2, -0.15) is 0 Å². The fourth-order valence-corrected chi connectivity index (χ4v) is 7.29. The maximum Gasteiger partial charge on any atom is 0.186 e. The molecule has 0 amide bonds. The molecule has 3 atom stereocenters. The number of Topliss-reactive ketones (excluding diaryl/α,β-unsaturated/α-hetero) is 3. The van der Waals surface area contributed by atoms with Crippen LogP contribution in [0.2, 0.25) is 0 Å². The Morgan fingerprint density at radius 3 is 2.12 bits per heavy atom. The lowest BCUT2D eigenvalue weighted by atomic mass is 9.64. The zero-order valence-corrected chi connectivity index (χ0v) is 23.9. The first-order chi connectivity index (χ1) is 20.9. The maximum atomic E-state index is 14.9. The Morgan fingerprint density at radius 1 is 0.744 bits per heavy atom. The van der Waals surface area contributed by atoms with E-state index in [0.717, 1.165) is 11.3 Å². The number of carbonyl (C=O) groups is 3. The van der Waals surface area contributed by atoms with Crippen molar-refractivity contribution in [3.63, 3.8) is 0 Å². The lowest BCUT2D eigenvalue weighted by molar-refractivity contribution is 0.0664. The number of fused-ring (bicyclic) bond motifs is 5. The van der Waals surface area contributed by atoms with Gasteiger partial charge in [0.15, 0.2) is 17.3 Å². The van der Waals surface area contributed by atoms with Crippen molar-refractivity contribution in [2.45, 2.75) is 18.0 Å². The molecule has 43 heavy (non-hydrogen) atoms. The number of carbonyl (C=O) groups excluding carboxylic acids is 3. The lowest BCUT2D eigenvalue weighted by Crippen LogP contribution is -2.48. The van der Waals surface area contributed by atoms with Crippen LogP contribution in [0.5, 0.6) is 17.2 Å². The lowest BCUT2D eigenvalue weighted by Gasteiger charge is -2.37. The van der Waals surface area contributed by atoms with Crippen LogP contribution in [-0.2, 0) is 0 Å². The van der Waals surface area contributed by atoms with E-state index < -0.39 is 23.4 Å². The minimum absolute atomic E-state index is 0.239. The fourth-order valence-electron chi connectivity index (χ4n) is 7.29. The molecule has 1 spiro atoms. The first-order valence-electron chi connectivity index (χ1n) is 14.1. The van der Waals surface area contributed by atoms with Gasteiger partial charge in [-0.25, -0.2) is 0 Å². The third-order valence-corrected chi connectivity index (χ3v) is 9.11. The zero-order valence-electron chi connectivity index (χ0n) is 23.9. The van der Waals surface area contributed by atoms with Gasteiger partial charge in [-0.05, 0) is 42.0 Å². The van der Waals surface area contributed by atoms with Gasteiger partial charge in [0.25, 0.3) is 0 Å². The Morgan fingerprint density at radius 2 is 1.42 bits per heavy atom. The highest BCUT2D eigenvalue weighted by molar-refractivity contribution is 6.32. The number of ketones is 3. The second-order valence-corrected chi connectivity index (χ2v) is 11.0. The van der Waals surface area contributed by atoms with E-state index in [-0.39, 0.29) is 17.3 Å². The maximum absolute atomic E-state index is 14.9. The Bertz CT molecular complexity index is 1810. The number of methoxy groups -OCH3 is 3. The summed E-state index contributed by atoms with van der Waals surface area (Å²) in [5.41, 5.74) is 1.71. The van der Waals surface area contributed by atoms with Gasteiger partial charge < -0.3 is 19.1 Å². The van der Waals surface area contributed by atoms with Crippen LogP contribution in [-0.4, -0.2) is 50.8 Å². The van der Waals surface area contributed by atoms with Crippen molar-refractivity contribution >= 4 is 29.1 Å². The van der Waals surface area contributed by atoms with Crippen molar-refractivity contribution in [1.29, 1.82) is 0 Å². The number of hydrogen-bond donors (Lipinski definition) is 0. The largest absolute Gasteiger partial charge is 0.497 e. The van der Waals surface area contributed by atoms with E-state index in [1.165, 1.54) is 0 Å². The molecule has 4 aromatic carbocycles. The minimum Gasteiger partial charge on any atom is -0.497 e. The summed E-state index contributed by atoms with van der Waals surface area (Å²) in [6, 6.07) is 25.3. The average molecular weight is 572 g/mol. The van der Waals surface area contributed by atoms with E-state index in [4.69, 9.17) is 14.2 Å². The molecule has 0 radical (unpaired) electrons. The van der Waals surface area contributed by atoms with Crippen LogP contribution >= 0.6 is 0 Å². The number of anilines is 1. The summed E-state index contributed by atoms with van der Waals surface area (Å²) in [5.74, 6) is -0.255. The predicted molar refractivity (Wildman–Crippen MR) is 163 cm³/mol. The highest BCUT2D eigenvalue weighted by Crippen LogP contribution is 2.62. The van der Waals surface area contributed by atoms with Gasteiger partial charge >= 0.3 is 0 Å². The summed E-state index contributed by atoms with van der Waals surface area (Å²) >= 11 is 0. The van der Waals surface area contributed by atoms with E-state index >= 15 is 0 Å². The second-order valence-electron chi connectivity index (χ2n) is 11.0. The second kappa shape index (κ2) is 9.98. The van der Waals surface area contributed by atoms with Crippen LogP contribution in [0.15, 0.2) is 97.1 Å². The SMILES string of the molecule is COc1cccc(C(=O)[C@H]2[C@H](c3cc(OC)ccc3OC)C3(C(=O)c4ccccc4C3=O)[C@H]3C=Cc4ccccc4N23)c1. The van der Waals surface area contributed by atoms with E-state index in [1.54, 1.807) is 88.1 Å². The molecular weight excluding hydrogens is 542 g/mol. The molecule has 0 unspecified atom stereocenters. The Hall–Kier alpha value is -5.17. The van der Waals surface area contributed by atoms with Gasteiger partial charge in [-0.3, -0.25) is 14.4 Å². The molecule has 0 bridgehead atoms. The molecule has 1 saturated heterocycles. The van der Waals surface area contributed by atoms with Crippen molar-refractivity contribution in [3.8, 4) is 17.2 Å². The van der Waals surface area contributed by atoms with Crippen LogP contribution in [0.4, 0.5) is 5.69 Å². The summed E-state index contributed by atoms with van der Waals surface area (Å²) in [4.78, 5) is 46.6. The quantitative estimate of drug-likeness (QED) is 0.207.